The van der Waals surface area contributed by atoms with Gasteiger partial charge < -0.3 is 9.84 Å². The van der Waals surface area contributed by atoms with E-state index in [2.05, 4.69) is 45.8 Å². The third-order valence-corrected chi connectivity index (χ3v) is 7.96. The maximum absolute atomic E-state index is 12.5. The van der Waals surface area contributed by atoms with E-state index in [4.69, 9.17) is 26.2 Å². The number of halogens is 4. The zero-order chi connectivity index (χ0) is 27.9. The molecule has 2 N–H and O–H groups in total. The van der Waals surface area contributed by atoms with Crippen molar-refractivity contribution in [3.8, 4) is 5.75 Å². The number of carbonyl (C=O) groups is 1. The van der Waals surface area contributed by atoms with Crippen molar-refractivity contribution in [1.29, 1.82) is 0 Å². The van der Waals surface area contributed by atoms with Crippen LogP contribution in [0.4, 0.5) is 19.0 Å². The molecule has 1 aliphatic rings. The Bertz CT molecular complexity index is 1300. The van der Waals surface area contributed by atoms with Gasteiger partial charge in [0.15, 0.2) is 5.82 Å². The summed E-state index contributed by atoms with van der Waals surface area (Å²) in [5.74, 6) is -1.96. The summed E-state index contributed by atoms with van der Waals surface area (Å²) in [6.07, 6.45) is -3.26. The van der Waals surface area contributed by atoms with Crippen molar-refractivity contribution in [2.75, 3.05) is 17.8 Å². The highest BCUT2D eigenvalue weighted by Gasteiger charge is 2.38. The third-order valence-electron chi connectivity index (χ3n) is 5.73. The molecule has 0 radical (unpaired) electrons. The standard InChI is InChI=1S/C22H24ClN3O3S2.C2HF3O2/c1-16(17-5-3-2-4-6-17)26-11-9-18(10-12-26)29-21-8-7-19(13-20(21)23)31(27,28)25-22-14-30-15-24-22;3-2(4,5)1(6)7/h2-8,13-16,18,25H,9-12H2,1H3;(H,6,7)/t16-;/m1./s1. The van der Waals surface area contributed by atoms with Crippen molar-refractivity contribution < 1.29 is 36.2 Å². The first-order chi connectivity index (χ1) is 17.9. The number of alkyl halides is 3. The Kier molecular flexibility index (Phi) is 9.99. The monoisotopic (exact) mass is 591 g/mol. The van der Waals surface area contributed by atoms with Gasteiger partial charge in [0.05, 0.1) is 15.4 Å². The number of carboxylic acids is 1. The average molecular weight is 592 g/mol. The second-order valence-corrected chi connectivity index (χ2v) is 11.1. The molecule has 8 nitrogen and oxygen atoms in total. The molecule has 1 aliphatic heterocycles. The predicted molar refractivity (Wildman–Crippen MR) is 138 cm³/mol. The first-order valence-electron chi connectivity index (χ1n) is 11.3. The van der Waals surface area contributed by atoms with Crippen LogP contribution in [0.25, 0.3) is 0 Å². The number of benzene rings is 2. The first-order valence-corrected chi connectivity index (χ1v) is 14.1. The van der Waals surface area contributed by atoms with E-state index in [0.717, 1.165) is 25.9 Å². The molecular formula is C24H25ClF3N3O5S2. The topological polar surface area (TPSA) is 109 Å². The van der Waals surface area contributed by atoms with Gasteiger partial charge in [0.1, 0.15) is 11.9 Å². The minimum absolute atomic E-state index is 0.0484. The van der Waals surface area contributed by atoms with Crippen molar-refractivity contribution in [3.05, 3.63) is 70.0 Å². The Labute approximate surface area is 227 Å². The van der Waals surface area contributed by atoms with E-state index in [1.54, 1.807) is 17.0 Å². The Morgan fingerprint density at radius 1 is 1.21 bits per heavy atom. The average Bonchev–Trinajstić information content (AvgIpc) is 3.38. The van der Waals surface area contributed by atoms with Crippen LogP contribution in [0.5, 0.6) is 5.75 Å². The smallest absolute Gasteiger partial charge is 0.489 e. The minimum Gasteiger partial charge on any atom is -0.489 e. The van der Waals surface area contributed by atoms with E-state index in [1.807, 2.05) is 6.07 Å². The molecule has 14 heteroatoms. The van der Waals surface area contributed by atoms with Gasteiger partial charge in [0.25, 0.3) is 10.0 Å². The van der Waals surface area contributed by atoms with Gasteiger partial charge in [-0.3, -0.25) is 9.62 Å². The van der Waals surface area contributed by atoms with Crippen LogP contribution in [0.15, 0.2) is 64.3 Å². The summed E-state index contributed by atoms with van der Waals surface area (Å²) in [5, 5.41) is 9.03. The number of rotatable bonds is 7. The summed E-state index contributed by atoms with van der Waals surface area (Å²) in [7, 11) is -3.75. The number of piperidine rings is 1. The lowest BCUT2D eigenvalue weighted by Gasteiger charge is -2.36. The number of hydrogen-bond donors (Lipinski definition) is 2. The Morgan fingerprint density at radius 3 is 2.37 bits per heavy atom. The molecule has 2 aromatic carbocycles. The fourth-order valence-electron chi connectivity index (χ4n) is 3.71. The molecule has 0 saturated carbocycles. The number of aliphatic carboxylic acids is 1. The van der Waals surface area contributed by atoms with Gasteiger partial charge >= 0.3 is 12.1 Å². The SMILES string of the molecule is C[C@H](c1ccccc1)N1CCC(Oc2ccc(S(=O)(=O)Nc3cscn3)cc2Cl)CC1.O=C(O)C(F)(F)F. The molecule has 38 heavy (non-hydrogen) atoms. The molecule has 0 amide bonds. The highest BCUT2D eigenvalue weighted by molar-refractivity contribution is 7.92. The molecule has 3 aromatic rings. The largest absolute Gasteiger partial charge is 0.490 e. The second kappa shape index (κ2) is 12.8. The fraction of sp³-hybridized carbons (Fsp3) is 0.333. The number of ether oxygens (including phenoxy) is 1. The minimum atomic E-state index is -5.08. The zero-order valence-electron chi connectivity index (χ0n) is 20.1. The number of carboxylic acid groups (broad SMARTS) is 1. The normalized spacial score (nSPS) is 15.7. The lowest BCUT2D eigenvalue weighted by molar-refractivity contribution is -0.192. The lowest BCUT2D eigenvalue weighted by atomic mass is 10.0. The summed E-state index contributed by atoms with van der Waals surface area (Å²) in [6.45, 7) is 4.09. The number of nitrogens with zero attached hydrogens (tertiary/aromatic N) is 2. The van der Waals surface area contributed by atoms with Gasteiger partial charge in [-0.2, -0.15) is 13.2 Å². The number of likely N-dealkylation sites (tertiary alicyclic amines) is 1. The molecule has 0 aliphatic carbocycles. The molecule has 0 unspecified atom stereocenters. The summed E-state index contributed by atoms with van der Waals surface area (Å²) in [4.78, 5) is 15.4. The first kappa shape index (κ1) is 29.7. The molecular weight excluding hydrogens is 567 g/mol. The van der Waals surface area contributed by atoms with Crippen LogP contribution in [0.2, 0.25) is 5.02 Å². The number of nitrogens with one attached hydrogen (secondary N) is 1. The maximum atomic E-state index is 12.5. The number of aromatic nitrogens is 1. The van der Waals surface area contributed by atoms with Crippen LogP contribution < -0.4 is 9.46 Å². The maximum Gasteiger partial charge on any atom is 0.490 e. The van der Waals surface area contributed by atoms with Gasteiger partial charge in [0, 0.05) is 24.5 Å². The van der Waals surface area contributed by atoms with Crippen LogP contribution in [0.1, 0.15) is 31.4 Å². The number of anilines is 1. The van der Waals surface area contributed by atoms with Crippen LogP contribution in [0.3, 0.4) is 0 Å². The van der Waals surface area contributed by atoms with E-state index >= 15 is 0 Å². The van der Waals surface area contributed by atoms with E-state index in [9.17, 15) is 21.6 Å². The molecule has 1 saturated heterocycles. The quantitative estimate of drug-likeness (QED) is 0.355. The van der Waals surface area contributed by atoms with Crippen molar-refractivity contribution in [3.63, 3.8) is 0 Å². The second-order valence-electron chi connectivity index (χ2n) is 8.31. The summed E-state index contributed by atoms with van der Waals surface area (Å²) in [6, 6.07) is 15.4. The number of thiazole rings is 1. The van der Waals surface area contributed by atoms with Gasteiger partial charge in [-0.05, 0) is 43.5 Å². The zero-order valence-corrected chi connectivity index (χ0v) is 22.4. The van der Waals surface area contributed by atoms with Crippen LogP contribution in [0, 0.1) is 0 Å². The molecule has 2 heterocycles. The lowest BCUT2D eigenvalue weighted by Crippen LogP contribution is -2.39. The number of hydrogen-bond acceptors (Lipinski definition) is 7. The van der Waals surface area contributed by atoms with Crippen molar-refractivity contribution in [2.45, 2.75) is 43.0 Å². The molecule has 1 atom stereocenters. The highest BCUT2D eigenvalue weighted by Crippen LogP contribution is 2.32. The Hall–Kier alpha value is -2.87. The van der Waals surface area contributed by atoms with Crippen molar-refractivity contribution in [1.82, 2.24) is 9.88 Å². The van der Waals surface area contributed by atoms with E-state index in [-0.39, 0.29) is 21.8 Å². The van der Waals surface area contributed by atoms with Gasteiger partial charge in [-0.25, -0.2) is 18.2 Å². The molecule has 206 valence electrons. The fourth-order valence-corrected chi connectivity index (χ4v) is 5.58. The van der Waals surface area contributed by atoms with Crippen LogP contribution in [-0.4, -0.2) is 54.7 Å². The van der Waals surface area contributed by atoms with E-state index in [0.29, 0.717) is 11.8 Å². The molecule has 0 bridgehead atoms. The number of sulfonamides is 1. The highest BCUT2D eigenvalue weighted by atomic mass is 35.5. The van der Waals surface area contributed by atoms with Gasteiger partial charge in [-0.15, -0.1) is 11.3 Å². The summed E-state index contributed by atoms with van der Waals surface area (Å²) < 4.78 is 65.3. The van der Waals surface area contributed by atoms with Crippen molar-refractivity contribution >= 4 is 44.7 Å². The Morgan fingerprint density at radius 2 is 1.84 bits per heavy atom. The van der Waals surface area contributed by atoms with Crippen molar-refractivity contribution in [2.24, 2.45) is 0 Å². The summed E-state index contributed by atoms with van der Waals surface area (Å²) in [5.41, 5.74) is 2.88. The van der Waals surface area contributed by atoms with Gasteiger partial charge in [-0.1, -0.05) is 41.9 Å². The molecule has 1 aromatic heterocycles. The Balaban J connectivity index is 0.000000505. The van der Waals surface area contributed by atoms with E-state index < -0.39 is 22.2 Å². The predicted octanol–water partition coefficient (Wildman–Crippen LogP) is 5.84. The van der Waals surface area contributed by atoms with Crippen LogP contribution >= 0.6 is 22.9 Å². The molecule has 1 fully saturated rings. The van der Waals surface area contributed by atoms with E-state index in [1.165, 1.54) is 29.0 Å². The summed E-state index contributed by atoms with van der Waals surface area (Å²) >= 11 is 7.67. The van der Waals surface area contributed by atoms with Gasteiger partial charge in [0.2, 0.25) is 0 Å². The molecule has 4 rings (SSSR count). The third kappa shape index (κ3) is 8.32. The molecule has 0 spiro atoms. The van der Waals surface area contributed by atoms with Crippen LogP contribution in [-0.2, 0) is 14.8 Å².